The highest BCUT2D eigenvalue weighted by atomic mass is 35.5. The molecule has 1 fully saturated rings. The number of carbonyl (C=O) groups excluding carboxylic acids is 2. The fourth-order valence-corrected chi connectivity index (χ4v) is 5.07. The molecule has 17 heteroatoms. The number of nitrogens with two attached hydrogens (primary N) is 1. The van der Waals surface area contributed by atoms with Crippen LogP contribution in [-0.2, 0) is 24.5 Å². The van der Waals surface area contributed by atoms with E-state index in [0.717, 1.165) is 17.1 Å². The molecule has 5 rings (SSSR count). The number of imidazole rings is 1. The lowest BCUT2D eigenvalue weighted by Crippen LogP contribution is -2.50. The number of halogens is 5. The molecular weight excluding hydrogens is 598 g/mol. The van der Waals surface area contributed by atoms with Gasteiger partial charge in [0, 0.05) is 51.7 Å². The van der Waals surface area contributed by atoms with Gasteiger partial charge in [-0.15, -0.1) is 0 Å². The van der Waals surface area contributed by atoms with Crippen molar-refractivity contribution >= 4 is 35.1 Å². The number of rotatable bonds is 7. The van der Waals surface area contributed by atoms with Crippen LogP contribution in [0.1, 0.15) is 26.7 Å². The van der Waals surface area contributed by atoms with Crippen molar-refractivity contribution in [3.63, 3.8) is 0 Å². The lowest BCUT2D eigenvalue weighted by atomic mass is 10.1. The van der Waals surface area contributed by atoms with Gasteiger partial charge in [-0.2, -0.15) is 18.3 Å². The van der Waals surface area contributed by atoms with Crippen LogP contribution in [0.4, 0.5) is 23.2 Å². The fourth-order valence-electron chi connectivity index (χ4n) is 4.81. The highest BCUT2D eigenvalue weighted by molar-refractivity contribution is 6.34. The zero-order chi connectivity index (χ0) is 30.9. The second-order valence-corrected chi connectivity index (χ2v) is 10.3. The van der Waals surface area contributed by atoms with Crippen LogP contribution in [0.3, 0.4) is 0 Å². The summed E-state index contributed by atoms with van der Waals surface area (Å²) in [5.41, 5.74) is 4.54. The van der Waals surface area contributed by atoms with Gasteiger partial charge < -0.3 is 30.2 Å². The van der Waals surface area contributed by atoms with Gasteiger partial charge >= 0.3 is 6.18 Å². The number of amidine groups is 1. The number of nitrogens with zero attached hydrogens (tertiary/aromatic N) is 7. The second kappa shape index (κ2) is 12.2. The molecular formula is C26H28ClF4N9O3. The molecule has 0 spiro atoms. The minimum atomic E-state index is -4.81. The maximum absolute atomic E-state index is 13.6. The summed E-state index contributed by atoms with van der Waals surface area (Å²) < 4.78 is 61.1. The first-order chi connectivity index (χ1) is 20.5. The number of ether oxygens (including phenoxy) is 1. The summed E-state index contributed by atoms with van der Waals surface area (Å²) in [6.07, 6.45) is -2.64. The summed E-state index contributed by atoms with van der Waals surface area (Å²) in [4.78, 5) is 38.2. The number of anilines is 1. The van der Waals surface area contributed by atoms with Gasteiger partial charge in [0.2, 0.25) is 0 Å². The van der Waals surface area contributed by atoms with Gasteiger partial charge in [0.1, 0.15) is 19.3 Å². The van der Waals surface area contributed by atoms with E-state index >= 15 is 0 Å². The standard InChI is InChI=1S/C26H28ClF4N9O3/c1-37-20(18-13-40(5-4-28)36-21(18)26(29,30)31)12-33-22(37)23(41)34-15-2-3-17(19(27)10-15)24(42)38-6-8-39(9-7-38)25-35-16(11-32)14-43-25/h2-3,10,12-13,16H,4-9,11,14,32H2,1H3,(H,34,41)/t16-/m0/s1. The summed E-state index contributed by atoms with van der Waals surface area (Å²) in [6, 6.07) is 4.86. The molecule has 0 saturated carbocycles. The predicted molar refractivity (Wildman–Crippen MR) is 149 cm³/mol. The molecule has 3 aromatic rings. The van der Waals surface area contributed by atoms with E-state index in [9.17, 15) is 27.2 Å². The van der Waals surface area contributed by atoms with Crippen LogP contribution in [0, 0.1) is 0 Å². The Balaban J connectivity index is 1.25. The summed E-state index contributed by atoms with van der Waals surface area (Å²) in [6.45, 7) is 1.49. The number of carbonyl (C=O) groups is 2. The van der Waals surface area contributed by atoms with Crippen LogP contribution < -0.4 is 11.1 Å². The van der Waals surface area contributed by atoms with Gasteiger partial charge in [-0.05, 0) is 18.2 Å². The van der Waals surface area contributed by atoms with Gasteiger partial charge in [-0.3, -0.25) is 14.3 Å². The monoisotopic (exact) mass is 625 g/mol. The molecule has 0 radical (unpaired) electrons. The topological polar surface area (TPSA) is 136 Å². The third-order valence-electron chi connectivity index (χ3n) is 7.08. The van der Waals surface area contributed by atoms with Crippen LogP contribution in [-0.4, -0.2) is 99.0 Å². The number of benzene rings is 1. The highest BCUT2D eigenvalue weighted by Gasteiger charge is 2.38. The van der Waals surface area contributed by atoms with Crippen LogP contribution in [0.2, 0.25) is 5.02 Å². The van der Waals surface area contributed by atoms with Crippen LogP contribution in [0.5, 0.6) is 0 Å². The molecule has 1 atom stereocenters. The molecule has 1 aromatic carbocycles. The van der Waals surface area contributed by atoms with Gasteiger partial charge in [-0.1, -0.05) is 11.6 Å². The Labute approximate surface area is 248 Å². The van der Waals surface area contributed by atoms with Crippen molar-refractivity contribution in [3.05, 3.63) is 52.7 Å². The quantitative estimate of drug-likeness (QED) is 0.385. The van der Waals surface area contributed by atoms with Gasteiger partial charge in [0.25, 0.3) is 17.8 Å². The molecule has 4 heterocycles. The van der Waals surface area contributed by atoms with E-state index in [4.69, 9.17) is 22.1 Å². The van der Waals surface area contributed by atoms with Crippen LogP contribution >= 0.6 is 11.6 Å². The van der Waals surface area contributed by atoms with E-state index in [-0.39, 0.29) is 51.8 Å². The average Bonchev–Trinajstić information content (AvgIpc) is 3.71. The molecule has 2 amide bonds. The number of alkyl halides is 4. The normalized spacial score (nSPS) is 17.2. The Bertz CT molecular complexity index is 1550. The Hall–Kier alpha value is -4.18. The number of aryl methyl sites for hydroxylation is 1. The summed E-state index contributed by atoms with van der Waals surface area (Å²) >= 11 is 6.42. The van der Waals surface area contributed by atoms with Crippen molar-refractivity contribution in [3.8, 4) is 11.3 Å². The third-order valence-corrected chi connectivity index (χ3v) is 7.39. The number of aliphatic imine (C=N–C) groups is 1. The first-order valence-electron chi connectivity index (χ1n) is 13.3. The Morgan fingerprint density at radius 2 is 1.95 bits per heavy atom. The zero-order valence-corrected chi connectivity index (χ0v) is 23.7. The molecule has 2 aliphatic rings. The van der Waals surface area contributed by atoms with Crippen molar-refractivity contribution in [2.75, 3.05) is 51.3 Å². The van der Waals surface area contributed by atoms with E-state index < -0.39 is 24.5 Å². The van der Waals surface area contributed by atoms with Crippen molar-refractivity contribution in [1.29, 1.82) is 0 Å². The van der Waals surface area contributed by atoms with Gasteiger partial charge in [0.05, 0.1) is 34.6 Å². The lowest BCUT2D eigenvalue weighted by molar-refractivity contribution is -0.141. The molecule has 0 bridgehead atoms. The van der Waals surface area contributed by atoms with Crippen molar-refractivity contribution in [2.45, 2.75) is 18.8 Å². The van der Waals surface area contributed by atoms with Crippen molar-refractivity contribution in [2.24, 2.45) is 17.8 Å². The number of amides is 2. The summed E-state index contributed by atoms with van der Waals surface area (Å²) in [5.74, 6) is -1.19. The number of piperazine rings is 1. The lowest BCUT2D eigenvalue weighted by Gasteiger charge is -2.35. The first kappa shape index (κ1) is 30.3. The minimum Gasteiger partial charge on any atom is -0.463 e. The van der Waals surface area contributed by atoms with E-state index in [1.807, 2.05) is 4.90 Å². The third kappa shape index (κ3) is 6.29. The van der Waals surface area contributed by atoms with E-state index in [2.05, 4.69) is 20.4 Å². The van der Waals surface area contributed by atoms with Crippen molar-refractivity contribution in [1.82, 2.24) is 29.1 Å². The summed E-state index contributed by atoms with van der Waals surface area (Å²) in [5, 5.41) is 6.16. The molecule has 1 saturated heterocycles. The second-order valence-electron chi connectivity index (χ2n) is 9.91. The maximum Gasteiger partial charge on any atom is 0.435 e. The Morgan fingerprint density at radius 1 is 1.21 bits per heavy atom. The molecule has 0 unspecified atom stereocenters. The highest BCUT2D eigenvalue weighted by Crippen LogP contribution is 2.36. The van der Waals surface area contributed by atoms with Crippen molar-refractivity contribution < 1.29 is 31.9 Å². The SMILES string of the molecule is Cn1c(-c2cn(CCF)nc2C(F)(F)F)cnc1C(=O)Nc1ccc(C(=O)N2CCN(C3=N[C@@H](CN)CO3)CC2)c(Cl)c1. The predicted octanol–water partition coefficient (Wildman–Crippen LogP) is 2.65. The van der Waals surface area contributed by atoms with E-state index in [1.165, 1.54) is 29.8 Å². The first-order valence-corrected chi connectivity index (χ1v) is 13.7. The fraction of sp³-hybridized carbons (Fsp3) is 0.423. The largest absolute Gasteiger partial charge is 0.463 e. The number of aromatic nitrogens is 4. The number of hydrogen-bond acceptors (Lipinski definition) is 8. The zero-order valence-electron chi connectivity index (χ0n) is 22.9. The molecule has 0 aliphatic carbocycles. The Kier molecular flexibility index (Phi) is 8.59. The van der Waals surface area contributed by atoms with E-state index in [1.54, 1.807) is 4.90 Å². The Morgan fingerprint density at radius 3 is 2.58 bits per heavy atom. The maximum atomic E-state index is 13.6. The van der Waals surface area contributed by atoms with Gasteiger partial charge in [-0.25, -0.2) is 14.4 Å². The van der Waals surface area contributed by atoms with Gasteiger partial charge in [0.15, 0.2) is 11.5 Å². The summed E-state index contributed by atoms with van der Waals surface area (Å²) in [7, 11) is 1.38. The van der Waals surface area contributed by atoms with Crippen LogP contribution in [0.25, 0.3) is 11.3 Å². The molecule has 3 N–H and O–H groups in total. The smallest absolute Gasteiger partial charge is 0.435 e. The molecule has 2 aliphatic heterocycles. The molecule has 2 aromatic heterocycles. The van der Waals surface area contributed by atoms with E-state index in [0.29, 0.717) is 45.4 Å². The number of hydrogen-bond donors (Lipinski definition) is 2. The molecule has 43 heavy (non-hydrogen) atoms. The molecule has 230 valence electrons. The minimum absolute atomic E-state index is 0.0348. The number of nitrogens with one attached hydrogen (secondary N) is 1. The van der Waals surface area contributed by atoms with Crippen LogP contribution in [0.15, 0.2) is 35.6 Å². The average molecular weight is 626 g/mol. The molecule has 12 nitrogen and oxygen atoms in total.